The largest absolute Gasteiger partial charge is 0.385 e. The minimum absolute atomic E-state index is 0.197. The monoisotopic (exact) mass is 189 g/mol. The van der Waals surface area contributed by atoms with Gasteiger partial charge in [0, 0.05) is 19.9 Å². The van der Waals surface area contributed by atoms with Gasteiger partial charge in [-0.3, -0.25) is 5.43 Å². The van der Waals surface area contributed by atoms with Crippen molar-refractivity contribution in [3.63, 3.8) is 0 Å². The molecule has 0 fully saturated rings. The first-order chi connectivity index (χ1) is 5.77. The summed E-state index contributed by atoms with van der Waals surface area (Å²) in [6.07, 6.45) is 4.79. The Kier molecular flexibility index (Phi) is 7.94. The van der Waals surface area contributed by atoms with E-state index < -0.39 is 0 Å². The number of rotatable bonds is 6. The molecule has 0 heterocycles. The van der Waals surface area contributed by atoms with Gasteiger partial charge in [0.15, 0.2) is 5.11 Å². The molecule has 5 heteroatoms. The van der Waals surface area contributed by atoms with E-state index in [0.29, 0.717) is 0 Å². The first kappa shape index (κ1) is 11.3. The van der Waals surface area contributed by atoms with Crippen LogP contribution in [-0.4, -0.2) is 25.0 Å². The lowest BCUT2D eigenvalue weighted by Crippen LogP contribution is -2.23. The number of methoxy groups -OCH3 is 1. The Bertz CT molecular complexity index is 150. The molecule has 0 unspecified atom stereocenters. The van der Waals surface area contributed by atoms with Crippen molar-refractivity contribution in [2.45, 2.75) is 19.3 Å². The number of nitrogens with zero attached hydrogens (tertiary/aromatic N) is 1. The van der Waals surface area contributed by atoms with Gasteiger partial charge in [-0.25, -0.2) is 0 Å². The van der Waals surface area contributed by atoms with Crippen LogP contribution < -0.4 is 11.2 Å². The van der Waals surface area contributed by atoms with E-state index in [-0.39, 0.29) is 5.11 Å². The van der Waals surface area contributed by atoms with E-state index in [1.807, 2.05) is 0 Å². The first-order valence-electron chi connectivity index (χ1n) is 3.83. The quantitative estimate of drug-likeness (QED) is 0.278. The Morgan fingerprint density at radius 2 is 2.42 bits per heavy atom. The number of hydrazone groups is 1. The predicted octanol–water partition coefficient (Wildman–Crippen LogP) is 0.622. The maximum absolute atomic E-state index is 5.14. The fourth-order valence-electron chi connectivity index (χ4n) is 0.656. The van der Waals surface area contributed by atoms with Gasteiger partial charge in [-0.2, -0.15) is 5.10 Å². The number of nitrogens with two attached hydrogens (primary N) is 1. The lowest BCUT2D eigenvalue weighted by atomic mass is 10.2. The fourth-order valence-corrected chi connectivity index (χ4v) is 0.709. The average Bonchev–Trinajstić information content (AvgIpc) is 2.02. The van der Waals surface area contributed by atoms with E-state index >= 15 is 0 Å². The van der Waals surface area contributed by atoms with Gasteiger partial charge in [0.2, 0.25) is 0 Å². The van der Waals surface area contributed by atoms with Crippen molar-refractivity contribution >= 4 is 23.5 Å². The standard InChI is InChI=1S/C7H15N3OS/c1-11-6-4-2-3-5-9-10-7(8)12/h5H,2-4,6H2,1H3,(H3,8,10,12)/b9-5+. The summed E-state index contributed by atoms with van der Waals surface area (Å²) < 4.78 is 4.89. The summed E-state index contributed by atoms with van der Waals surface area (Å²) in [6.45, 7) is 0.802. The van der Waals surface area contributed by atoms with Crippen molar-refractivity contribution in [1.29, 1.82) is 0 Å². The molecule has 3 N–H and O–H groups in total. The molecular formula is C7H15N3OS. The Hall–Kier alpha value is -0.680. The molecule has 12 heavy (non-hydrogen) atoms. The zero-order valence-electron chi connectivity index (χ0n) is 7.25. The number of hydrogen-bond acceptors (Lipinski definition) is 3. The molecule has 0 aliphatic heterocycles. The molecule has 0 aliphatic rings. The number of unbranched alkanes of at least 4 members (excludes halogenated alkanes) is 2. The maximum atomic E-state index is 5.14. The van der Waals surface area contributed by atoms with Gasteiger partial charge in [-0.15, -0.1) is 0 Å². The molecule has 4 nitrogen and oxygen atoms in total. The van der Waals surface area contributed by atoms with Crippen molar-refractivity contribution in [2.75, 3.05) is 13.7 Å². The molecule has 0 saturated carbocycles. The van der Waals surface area contributed by atoms with Crippen LogP contribution in [0.2, 0.25) is 0 Å². The molecule has 70 valence electrons. The third kappa shape index (κ3) is 9.32. The summed E-state index contributed by atoms with van der Waals surface area (Å²) in [5.74, 6) is 0. The van der Waals surface area contributed by atoms with Gasteiger partial charge in [0.25, 0.3) is 0 Å². The average molecular weight is 189 g/mol. The number of ether oxygens (including phenoxy) is 1. The lowest BCUT2D eigenvalue weighted by molar-refractivity contribution is 0.193. The van der Waals surface area contributed by atoms with E-state index in [0.717, 1.165) is 25.9 Å². The van der Waals surface area contributed by atoms with E-state index in [4.69, 9.17) is 10.5 Å². The van der Waals surface area contributed by atoms with Crippen LogP contribution in [0.4, 0.5) is 0 Å². The Morgan fingerprint density at radius 1 is 1.67 bits per heavy atom. The predicted molar refractivity (Wildman–Crippen MR) is 54.1 cm³/mol. The highest BCUT2D eigenvalue weighted by molar-refractivity contribution is 7.80. The molecular weight excluding hydrogens is 174 g/mol. The number of nitrogens with one attached hydrogen (secondary N) is 1. The topological polar surface area (TPSA) is 59.6 Å². The van der Waals surface area contributed by atoms with Crippen LogP contribution in [0.15, 0.2) is 5.10 Å². The smallest absolute Gasteiger partial charge is 0.184 e. The summed E-state index contributed by atoms with van der Waals surface area (Å²) in [5, 5.41) is 3.98. The van der Waals surface area contributed by atoms with Crippen LogP contribution in [-0.2, 0) is 4.74 Å². The van der Waals surface area contributed by atoms with E-state index in [1.165, 1.54) is 0 Å². The van der Waals surface area contributed by atoms with Crippen molar-refractivity contribution in [1.82, 2.24) is 5.43 Å². The molecule has 0 aromatic rings. The Labute approximate surface area is 78.2 Å². The highest BCUT2D eigenvalue weighted by atomic mass is 32.1. The third-order valence-corrected chi connectivity index (χ3v) is 1.29. The minimum Gasteiger partial charge on any atom is -0.385 e. The zero-order chi connectivity index (χ0) is 9.23. The highest BCUT2D eigenvalue weighted by Crippen LogP contribution is 1.91. The number of hydrogen-bond donors (Lipinski definition) is 2. The zero-order valence-corrected chi connectivity index (χ0v) is 8.06. The normalized spacial score (nSPS) is 10.4. The fraction of sp³-hybridized carbons (Fsp3) is 0.714. The first-order valence-corrected chi connectivity index (χ1v) is 4.24. The highest BCUT2D eigenvalue weighted by Gasteiger charge is 1.84. The number of thiocarbonyl (C=S) groups is 1. The molecule has 0 amide bonds. The van der Waals surface area contributed by atoms with Gasteiger partial charge in [0.05, 0.1) is 0 Å². The van der Waals surface area contributed by atoms with E-state index in [9.17, 15) is 0 Å². The SMILES string of the molecule is COCCCC/C=N/NC(N)=S. The van der Waals surface area contributed by atoms with Crippen LogP contribution in [0.1, 0.15) is 19.3 Å². The Balaban J connectivity index is 3.08. The summed E-state index contributed by atoms with van der Waals surface area (Å²) >= 11 is 4.55. The maximum Gasteiger partial charge on any atom is 0.184 e. The molecule has 0 rings (SSSR count). The summed E-state index contributed by atoms with van der Waals surface area (Å²) in [5.41, 5.74) is 7.63. The van der Waals surface area contributed by atoms with Crippen molar-refractivity contribution in [3.05, 3.63) is 0 Å². The molecule has 0 aliphatic carbocycles. The van der Waals surface area contributed by atoms with Crippen molar-refractivity contribution in [3.8, 4) is 0 Å². The van der Waals surface area contributed by atoms with Crippen molar-refractivity contribution < 1.29 is 4.74 Å². The molecule has 0 saturated heterocycles. The summed E-state index contributed by atoms with van der Waals surface area (Å²) in [7, 11) is 1.70. The van der Waals surface area contributed by atoms with Gasteiger partial charge in [-0.1, -0.05) is 0 Å². The summed E-state index contributed by atoms with van der Waals surface area (Å²) in [4.78, 5) is 0. The van der Waals surface area contributed by atoms with E-state index in [1.54, 1.807) is 13.3 Å². The molecule has 0 aromatic heterocycles. The van der Waals surface area contributed by atoms with Gasteiger partial charge in [-0.05, 0) is 31.5 Å². The van der Waals surface area contributed by atoms with Crippen LogP contribution in [0.3, 0.4) is 0 Å². The Morgan fingerprint density at radius 3 is 3.00 bits per heavy atom. The van der Waals surface area contributed by atoms with Crippen LogP contribution in [0.5, 0.6) is 0 Å². The second-order valence-corrected chi connectivity index (χ2v) is 2.72. The van der Waals surface area contributed by atoms with Gasteiger partial charge >= 0.3 is 0 Å². The summed E-state index contributed by atoms with van der Waals surface area (Å²) in [6, 6.07) is 0. The second-order valence-electron chi connectivity index (χ2n) is 2.28. The minimum atomic E-state index is 0.197. The molecule has 0 spiro atoms. The van der Waals surface area contributed by atoms with Crippen LogP contribution in [0.25, 0.3) is 0 Å². The second kappa shape index (κ2) is 8.42. The molecule has 0 aromatic carbocycles. The van der Waals surface area contributed by atoms with Crippen LogP contribution >= 0.6 is 12.2 Å². The van der Waals surface area contributed by atoms with Gasteiger partial charge < -0.3 is 10.5 Å². The van der Waals surface area contributed by atoms with Crippen molar-refractivity contribution in [2.24, 2.45) is 10.8 Å². The van der Waals surface area contributed by atoms with Gasteiger partial charge in [0.1, 0.15) is 0 Å². The molecule has 0 atom stereocenters. The molecule has 0 bridgehead atoms. The third-order valence-electron chi connectivity index (χ3n) is 1.20. The lowest BCUT2D eigenvalue weighted by Gasteiger charge is -1.95. The molecule has 0 radical (unpaired) electrons. The van der Waals surface area contributed by atoms with E-state index in [2.05, 4.69) is 22.7 Å². The van der Waals surface area contributed by atoms with Crippen LogP contribution in [0, 0.1) is 0 Å².